The third-order valence-corrected chi connectivity index (χ3v) is 2.61. The maximum Gasteiger partial charge on any atom is 0.125 e. The van der Waals surface area contributed by atoms with Gasteiger partial charge in [0.1, 0.15) is 5.67 Å². The van der Waals surface area contributed by atoms with Crippen LogP contribution in [-0.4, -0.2) is 11.7 Å². The average Bonchev–Trinajstić information content (AvgIpc) is 1.96. The highest BCUT2D eigenvalue weighted by Gasteiger charge is 2.36. The number of rotatable bonds is 1. The zero-order chi connectivity index (χ0) is 7.61. The maximum atomic E-state index is 13.6. The zero-order valence-corrected chi connectivity index (χ0v) is 6.57. The molecule has 0 radical (unpaired) electrons. The van der Waals surface area contributed by atoms with Gasteiger partial charge in [0, 0.05) is 6.04 Å². The molecule has 0 aromatic carbocycles. The molecule has 2 N–H and O–H groups in total. The molecule has 1 nitrogen and oxygen atoms in total. The molecule has 0 heterocycles. The van der Waals surface area contributed by atoms with Gasteiger partial charge in [-0.25, -0.2) is 4.39 Å². The largest absolute Gasteiger partial charge is 0.325 e. The molecule has 1 aliphatic carbocycles. The summed E-state index contributed by atoms with van der Waals surface area (Å²) in [5, 5.41) is 0. The SMILES string of the molecule is CC[C@]1(F)CCCC[C@@H]1N. The standard InChI is InChI=1S/C8H16FN/c1-2-8(9)6-4-3-5-7(8)10/h7H,2-6,10H2,1H3/t7-,8-/m0/s1. The van der Waals surface area contributed by atoms with E-state index in [0.29, 0.717) is 12.8 Å². The molecule has 0 bridgehead atoms. The molecule has 0 amide bonds. The summed E-state index contributed by atoms with van der Waals surface area (Å²) < 4.78 is 13.6. The van der Waals surface area contributed by atoms with Crippen LogP contribution in [0.15, 0.2) is 0 Å². The van der Waals surface area contributed by atoms with Gasteiger partial charge in [-0.15, -0.1) is 0 Å². The molecule has 1 saturated carbocycles. The minimum Gasteiger partial charge on any atom is -0.325 e. The molecule has 0 aliphatic heterocycles. The molecule has 10 heavy (non-hydrogen) atoms. The molecule has 1 aliphatic rings. The quantitative estimate of drug-likeness (QED) is 0.600. The molecule has 2 atom stereocenters. The van der Waals surface area contributed by atoms with E-state index in [2.05, 4.69) is 0 Å². The van der Waals surface area contributed by atoms with Crippen LogP contribution < -0.4 is 5.73 Å². The van der Waals surface area contributed by atoms with Crippen LogP contribution >= 0.6 is 0 Å². The summed E-state index contributed by atoms with van der Waals surface area (Å²) in [5.74, 6) is 0. The second-order valence-electron chi connectivity index (χ2n) is 3.24. The van der Waals surface area contributed by atoms with Gasteiger partial charge in [0.05, 0.1) is 0 Å². The van der Waals surface area contributed by atoms with E-state index in [9.17, 15) is 4.39 Å². The number of alkyl halides is 1. The van der Waals surface area contributed by atoms with Crippen LogP contribution in [0.5, 0.6) is 0 Å². The van der Waals surface area contributed by atoms with Gasteiger partial charge in [-0.1, -0.05) is 19.8 Å². The van der Waals surface area contributed by atoms with Gasteiger partial charge in [-0.3, -0.25) is 0 Å². The summed E-state index contributed by atoms with van der Waals surface area (Å²) >= 11 is 0. The summed E-state index contributed by atoms with van der Waals surface area (Å²) in [6.45, 7) is 1.88. The normalized spacial score (nSPS) is 41.7. The number of nitrogens with two attached hydrogens (primary N) is 1. The first-order chi connectivity index (χ1) is 4.69. The highest BCUT2D eigenvalue weighted by atomic mass is 19.1. The molecule has 0 aromatic rings. The van der Waals surface area contributed by atoms with E-state index >= 15 is 0 Å². The van der Waals surface area contributed by atoms with Crippen LogP contribution in [0.4, 0.5) is 4.39 Å². The van der Waals surface area contributed by atoms with Gasteiger partial charge in [-0.2, -0.15) is 0 Å². The van der Waals surface area contributed by atoms with Gasteiger partial charge in [0.15, 0.2) is 0 Å². The molecular weight excluding hydrogens is 129 g/mol. The zero-order valence-electron chi connectivity index (χ0n) is 6.57. The third-order valence-electron chi connectivity index (χ3n) is 2.61. The maximum absolute atomic E-state index is 13.6. The Bertz CT molecular complexity index is 116. The van der Waals surface area contributed by atoms with Crippen LogP contribution in [0, 0.1) is 0 Å². The van der Waals surface area contributed by atoms with E-state index in [1.165, 1.54) is 0 Å². The number of hydrogen-bond donors (Lipinski definition) is 1. The Labute approximate surface area is 61.8 Å². The van der Waals surface area contributed by atoms with E-state index in [0.717, 1.165) is 19.3 Å². The predicted molar refractivity (Wildman–Crippen MR) is 40.6 cm³/mol. The summed E-state index contributed by atoms with van der Waals surface area (Å²) in [5.41, 5.74) is 4.61. The molecular formula is C8H16FN. The minimum absolute atomic E-state index is 0.203. The molecule has 2 heteroatoms. The van der Waals surface area contributed by atoms with Crippen molar-refractivity contribution in [3.8, 4) is 0 Å². The van der Waals surface area contributed by atoms with E-state index in [-0.39, 0.29) is 6.04 Å². The van der Waals surface area contributed by atoms with Crippen molar-refractivity contribution in [3.05, 3.63) is 0 Å². The molecule has 0 saturated heterocycles. The van der Waals surface area contributed by atoms with Crippen LogP contribution in [-0.2, 0) is 0 Å². The van der Waals surface area contributed by atoms with Gasteiger partial charge < -0.3 is 5.73 Å². The lowest BCUT2D eigenvalue weighted by atomic mass is 9.81. The fraction of sp³-hybridized carbons (Fsp3) is 1.00. The molecule has 0 unspecified atom stereocenters. The molecule has 0 spiro atoms. The summed E-state index contributed by atoms with van der Waals surface area (Å²) in [6.07, 6.45) is 4.23. The topological polar surface area (TPSA) is 26.0 Å². The first-order valence-corrected chi connectivity index (χ1v) is 4.13. The molecule has 0 aromatic heterocycles. The Morgan fingerprint density at radius 3 is 2.70 bits per heavy atom. The van der Waals surface area contributed by atoms with Crippen LogP contribution in [0.25, 0.3) is 0 Å². The number of hydrogen-bond acceptors (Lipinski definition) is 1. The third kappa shape index (κ3) is 1.31. The first kappa shape index (κ1) is 7.99. The summed E-state index contributed by atoms with van der Waals surface area (Å²) in [7, 11) is 0. The fourth-order valence-electron chi connectivity index (χ4n) is 1.67. The minimum atomic E-state index is -1.04. The Hall–Kier alpha value is -0.110. The van der Waals surface area contributed by atoms with Crippen molar-refractivity contribution >= 4 is 0 Å². The molecule has 1 fully saturated rings. The van der Waals surface area contributed by atoms with Gasteiger partial charge in [0.25, 0.3) is 0 Å². The molecule has 60 valence electrons. The highest BCUT2D eigenvalue weighted by molar-refractivity contribution is 4.91. The van der Waals surface area contributed by atoms with Crippen molar-refractivity contribution in [2.45, 2.75) is 50.7 Å². The van der Waals surface area contributed by atoms with Crippen molar-refractivity contribution in [1.29, 1.82) is 0 Å². The lowest BCUT2D eigenvalue weighted by Crippen LogP contribution is -2.46. The van der Waals surface area contributed by atoms with Gasteiger partial charge >= 0.3 is 0 Å². The predicted octanol–water partition coefficient (Wildman–Crippen LogP) is 2.01. The van der Waals surface area contributed by atoms with Crippen molar-refractivity contribution in [1.82, 2.24) is 0 Å². The Kier molecular flexibility index (Phi) is 2.29. The van der Waals surface area contributed by atoms with Crippen molar-refractivity contribution < 1.29 is 4.39 Å². The highest BCUT2D eigenvalue weighted by Crippen LogP contribution is 2.33. The molecule has 1 rings (SSSR count). The average molecular weight is 145 g/mol. The van der Waals surface area contributed by atoms with Crippen LogP contribution in [0.2, 0.25) is 0 Å². The number of halogens is 1. The lowest BCUT2D eigenvalue weighted by Gasteiger charge is -2.34. The van der Waals surface area contributed by atoms with Crippen molar-refractivity contribution in [2.24, 2.45) is 5.73 Å². The van der Waals surface area contributed by atoms with Gasteiger partial charge in [0.2, 0.25) is 0 Å². The Morgan fingerprint density at radius 2 is 2.30 bits per heavy atom. The van der Waals surface area contributed by atoms with E-state index < -0.39 is 5.67 Å². The summed E-state index contributed by atoms with van der Waals surface area (Å²) in [4.78, 5) is 0. The van der Waals surface area contributed by atoms with Crippen molar-refractivity contribution in [2.75, 3.05) is 0 Å². The monoisotopic (exact) mass is 145 g/mol. The Balaban J connectivity index is 2.54. The first-order valence-electron chi connectivity index (χ1n) is 4.13. The smallest absolute Gasteiger partial charge is 0.125 e. The van der Waals surface area contributed by atoms with E-state index in [4.69, 9.17) is 5.73 Å². The Morgan fingerprint density at radius 1 is 1.60 bits per heavy atom. The van der Waals surface area contributed by atoms with Crippen LogP contribution in [0.1, 0.15) is 39.0 Å². The second kappa shape index (κ2) is 2.87. The van der Waals surface area contributed by atoms with E-state index in [1.54, 1.807) is 0 Å². The van der Waals surface area contributed by atoms with Crippen molar-refractivity contribution in [3.63, 3.8) is 0 Å². The lowest BCUT2D eigenvalue weighted by molar-refractivity contribution is 0.0774. The van der Waals surface area contributed by atoms with Crippen LogP contribution in [0.3, 0.4) is 0 Å². The van der Waals surface area contributed by atoms with Gasteiger partial charge in [-0.05, 0) is 19.3 Å². The van der Waals surface area contributed by atoms with E-state index in [1.807, 2.05) is 6.92 Å². The second-order valence-corrected chi connectivity index (χ2v) is 3.24. The summed E-state index contributed by atoms with van der Waals surface area (Å²) in [6, 6.07) is -0.203. The fourth-order valence-corrected chi connectivity index (χ4v) is 1.67.